The number of ether oxygens (including phenoxy) is 2. The van der Waals surface area contributed by atoms with Gasteiger partial charge in [0.25, 0.3) is 11.1 Å². The fourth-order valence-electron chi connectivity index (χ4n) is 2.75. The summed E-state index contributed by atoms with van der Waals surface area (Å²) in [6, 6.07) is 0. The smallest absolute Gasteiger partial charge is 0.280 e. The maximum absolute atomic E-state index is 11.5. The molecule has 3 aromatic heterocycles. The Kier molecular flexibility index (Phi) is 7.55. The standard InChI is InChI=1S/C8H13N5O3.C8H11N5O3/c2*9-8-11-6-5(7(15)12-8)10-3-13(6)4-16-2-1-14/h10,14H,1-4H2,(H3,9,11,12,15);3,14H,1-2,4H2,(H3,9,11,12,15). The lowest BCUT2D eigenvalue weighted by Crippen LogP contribution is -2.27. The van der Waals surface area contributed by atoms with E-state index in [4.69, 9.17) is 31.2 Å². The second-order valence-corrected chi connectivity index (χ2v) is 6.38. The lowest BCUT2D eigenvalue weighted by atomic mass is 10.5. The van der Waals surface area contributed by atoms with Crippen LogP contribution in [-0.2, 0) is 16.2 Å². The van der Waals surface area contributed by atoms with Gasteiger partial charge in [0.15, 0.2) is 17.0 Å². The van der Waals surface area contributed by atoms with Gasteiger partial charge in [-0.2, -0.15) is 9.97 Å². The summed E-state index contributed by atoms with van der Waals surface area (Å²) in [5.41, 5.74) is 11.1. The summed E-state index contributed by atoms with van der Waals surface area (Å²) in [4.78, 5) is 41.2. The molecular formula is C16H24N10O6. The number of nitrogens with zero attached hydrogens (tertiary/aromatic N) is 5. The Labute approximate surface area is 179 Å². The van der Waals surface area contributed by atoms with Gasteiger partial charge in [-0.1, -0.05) is 0 Å². The molecular weight excluding hydrogens is 428 g/mol. The zero-order valence-electron chi connectivity index (χ0n) is 16.9. The van der Waals surface area contributed by atoms with Crippen LogP contribution in [0.1, 0.15) is 0 Å². The number of H-pyrrole nitrogens is 2. The van der Waals surface area contributed by atoms with E-state index in [0.717, 1.165) is 0 Å². The summed E-state index contributed by atoms with van der Waals surface area (Å²) in [5.74, 6) is 0.570. The van der Waals surface area contributed by atoms with Crippen molar-refractivity contribution < 1.29 is 19.7 Å². The number of nitrogen functional groups attached to an aromatic ring is 2. The molecule has 16 nitrogen and oxygen atoms in total. The topological polar surface area (TPSA) is 236 Å². The zero-order chi connectivity index (χ0) is 23.1. The Balaban J connectivity index is 0.000000181. The van der Waals surface area contributed by atoms with Crippen molar-refractivity contribution in [3.8, 4) is 0 Å². The van der Waals surface area contributed by atoms with Gasteiger partial charge in [0, 0.05) is 0 Å². The van der Waals surface area contributed by atoms with E-state index in [1.165, 1.54) is 10.9 Å². The van der Waals surface area contributed by atoms with Crippen LogP contribution in [-0.4, -0.2) is 79.5 Å². The van der Waals surface area contributed by atoms with Crippen molar-refractivity contribution in [2.45, 2.75) is 6.73 Å². The van der Waals surface area contributed by atoms with Crippen molar-refractivity contribution in [3.63, 3.8) is 0 Å². The molecule has 0 aliphatic carbocycles. The van der Waals surface area contributed by atoms with Gasteiger partial charge in [0.05, 0.1) is 39.4 Å². The Hall–Kier alpha value is -3.73. The van der Waals surface area contributed by atoms with Crippen LogP contribution < -0.4 is 32.8 Å². The minimum atomic E-state index is -0.386. The molecule has 0 aromatic carbocycles. The van der Waals surface area contributed by atoms with E-state index >= 15 is 0 Å². The molecule has 0 saturated carbocycles. The molecule has 0 bridgehead atoms. The highest BCUT2D eigenvalue weighted by atomic mass is 16.5. The molecule has 32 heavy (non-hydrogen) atoms. The molecule has 1 aliphatic rings. The van der Waals surface area contributed by atoms with E-state index in [9.17, 15) is 9.59 Å². The molecule has 4 heterocycles. The van der Waals surface area contributed by atoms with Gasteiger partial charge in [-0.3, -0.25) is 24.1 Å². The molecule has 0 radical (unpaired) electrons. The van der Waals surface area contributed by atoms with Crippen molar-refractivity contribution >= 4 is 34.6 Å². The predicted octanol–water partition coefficient (Wildman–Crippen LogP) is -2.82. The second-order valence-electron chi connectivity index (χ2n) is 6.38. The van der Waals surface area contributed by atoms with E-state index in [-0.39, 0.29) is 68.4 Å². The van der Waals surface area contributed by atoms with Crippen LogP contribution >= 0.6 is 0 Å². The molecule has 9 N–H and O–H groups in total. The number of hydrogen-bond acceptors (Lipinski definition) is 13. The number of rotatable bonds is 8. The average Bonchev–Trinajstić information content (AvgIpc) is 3.34. The third-order valence-corrected chi connectivity index (χ3v) is 4.11. The highest BCUT2D eigenvalue weighted by molar-refractivity contribution is 5.71. The molecule has 3 aromatic rings. The molecule has 16 heteroatoms. The van der Waals surface area contributed by atoms with E-state index < -0.39 is 0 Å². The minimum absolute atomic E-state index is 0.0291. The fourth-order valence-corrected chi connectivity index (χ4v) is 2.75. The maximum atomic E-state index is 11.5. The van der Waals surface area contributed by atoms with Gasteiger partial charge in [-0.05, 0) is 0 Å². The Bertz CT molecular complexity index is 1160. The number of aliphatic hydroxyl groups is 2. The number of aliphatic hydroxyl groups excluding tert-OH is 2. The average molecular weight is 452 g/mol. The highest BCUT2D eigenvalue weighted by Gasteiger charge is 2.23. The van der Waals surface area contributed by atoms with Crippen LogP contribution in [0, 0.1) is 0 Å². The van der Waals surface area contributed by atoms with Crippen molar-refractivity contribution in [2.24, 2.45) is 0 Å². The third kappa shape index (κ3) is 5.30. The largest absolute Gasteiger partial charge is 0.394 e. The summed E-state index contributed by atoms with van der Waals surface area (Å²) < 4.78 is 11.8. The summed E-state index contributed by atoms with van der Waals surface area (Å²) in [6.07, 6.45) is 1.43. The van der Waals surface area contributed by atoms with Crippen LogP contribution in [0.4, 0.5) is 23.4 Å². The number of nitrogens with two attached hydrogens (primary N) is 2. The fraction of sp³-hybridized carbons (Fsp3) is 0.438. The molecule has 0 atom stereocenters. The summed E-state index contributed by atoms with van der Waals surface area (Å²) in [7, 11) is 0. The quantitative estimate of drug-likeness (QED) is 0.171. The van der Waals surface area contributed by atoms with E-state index in [1.807, 2.05) is 0 Å². The number of fused-ring (bicyclic) bond motifs is 2. The first-order valence-corrected chi connectivity index (χ1v) is 9.41. The van der Waals surface area contributed by atoms with Crippen LogP contribution in [0.2, 0.25) is 0 Å². The van der Waals surface area contributed by atoms with Crippen LogP contribution in [0.3, 0.4) is 0 Å². The van der Waals surface area contributed by atoms with Crippen LogP contribution in [0.5, 0.6) is 0 Å². The number of aromatic nitrogens is 6. The van der Waals surface area contributed by atoms with Crippen molar-refractivity contribution in [1.29, 1.82) is 0 Å². The van der Waals surface area contributed by atoms with Gasteiger partial charge < -0.3 is 41.4 Å². The van der Waals surface area contributed by atoms with Gasteiger partial charge in [0.2, 0.25) is 11.9 Å². The molecule has 0 amide bonds. The number of anilines is 4. The van der Waals surface area contributed by atoms with Gasteiger partial charge in [0.1, 0.15) is 19.1 Å². The number of imidazole rings is 1. The number of nitrogens with one attached hydrogen (secondary N) is 3. The first kappa shape index (κ1) is 22.9. The third-order valence-electron chi connectivity index (χ3n) is 4.11. The molecule has 0 spiro atoms. The van der Waals surface area contributed by atoms with Crippen molar-refractivity contribution in [2.75, 3.05) is 61.5 Å². The molecule has 174 valence electrons. The molecule has 0 fully saturated rings. The monoisotopic (exact) mass is 452 g/mol. The first-order chi connectivity index (χ1) is 15.4. The number of aromatic amines is 2. The van der Waals surface area contributed by atoms with Gasteiger partial charge >= 0.3 is 0 Å². The minimum Gasteiger partial charge on any atom is -0.394 e. The van der Waals surface area contributed by atoms with Crippen molar-refractivity contribution in [1.82, 2.24) is 29.5 Å². The molecule has 0 saturated heterocycles. The maximum Gasteiger partial charge on any atom is 0.280 e. The molecule has 4 rings (SSSR count). The first-order valence-electron chi connectivity index (χ1n) is 9.41. The van der Waals surface area contributed by atoms with Gasteiger partial charge in [-0.15, -0.1) is 0 Å². The van der Waals surface area contributed by atoms with Crippen molar-refractivity contribution in [3.05, 3.63) is 27.0 Å². The van der Waals surface area contributed by atoms with Gasteiger partial charge in [-0.25, -0.2) is 4.98 Å². The van der Waals surface area contributed by atoms with E-state index in [2.05, 4.69) is 30.2 Å². The molecule has 0 unspecified atom stereocenters. The lowest BCUT2D eigenvalue weighted by Gasteiger charge is -2.16. The second kappa shape index (κ2) is 10.5. The SMILES string of the molecule is Nc1nc2c(c(=O)[nH]1)NCN2COCCO.Nc1nc2c(ncn2COCCO)c(=O)[nH]1. The summed E-state index contributed by atoms with van der Waals surface area (Å²) >= 11 is 0. The summed E-state index contributed by atoms with van der Waals surface area (Å²) in [5, 5.41) is 20.0. The molecule has 1 aliphatic heterocycles. The Morgan fingerprint density at radius 3 is 2.38 bits per heavy atom. The predicted molar refractivity (Wildman–Crippen MR) is 114 cm³/mol. The normalized spacial score (nSPS) is 12.4. The Morgan fingerprint density at radius 1 is 1.00 bits per heavy atom. The lowest BCUT2D eigenvalue weighted by molar-refractivity contribution is 0.0499. The van der Waals surface area contributed by atoms with Crippen LogP contribution in [0.25, 0.3) is 11.2 Å². The highest BCUT2D eigenvalue weighted by Crippen LogP contribution is 2.24. The zero-order valence-corrected chi connectivity index (χ0v) is 16.9. The Morgan fingerprint density at radius 2 is 1.66 bits per heavy atom. The number of hydrogen-bond donors (Lipinski definition) is 7. The van der Waals surface area contributed by atoms with E-state index in [0.29, 0.717) is 23.8 Å². The van der Waals surface area contributed by atoms with Crippen LogP contribution in [0.15, 0.2) is 15.9 Å². The summed E-state index contributed by atoms with van der Waals surface area (Å²) in [6.45, 7) is 1.18. The van der Waals surface area contributed by atoms with E-state index in [1.54, 1.807) is 4.90 Å².